The zero-order valence-corrected chi connectivity index (χ0v) is 12.1. The number of esters is 1. The Hall–Kier alpha value is -1.36. The van der Waals surface area contributed by atoms with E-state index >= 15 is 0 Å². The van der Waals surface area contributed by atoms with Gasteiger partial charge in [-0.2, -0.15) is 21.6 Å². The molecule has 0 bridgehead atoms. The number of carbonyl (C=O) groups excluding carboxylic acids is 1. The number of hydrogen-bond acceptors (Lipinski definition) is 5. The maximum Gasteiger partial charge on any atom is 0.426 e. The third kappa shape index (κ3) is 5.44. The van der Waals surface area contributed by atoms with E-state index in [1.807, 2.05) is 0 Å². The summed E-state index contributed by atoms with van der Waals surface area (Å²) >= 11 is 0. The Balaban J connectivity index is 2.88. The highest BCUT2D eigenvalue weighted by Gasteiger charge is 2.47. The second-order valence-electron chi connectivity index (χ2n) is 5.05. The molecule has 128 valence electrons. The first-order valence-corrected chi connectivity index (χ1v) is 7.98. The quantitative estimate of drug-likeness (QED) is 0.567. The molecule has 1 fully saturated rings. The van der Waals surface area contributed by atoms with E-state index in [1.54, 1.807) is 0 Å². The number of halogens is 3. The molecule has 3 unspecified atom stereocenters. The summed E-state index contributed by atoms with van der Waals surface area (Å²) in [6.07, 6.45) is -7.08. The fourth-order valence-electron chi connectivity index (χ4n) is 2.32. The van der Waals surface area contributed by atoms with Crippen molar-refractivity contribution in [3.05, 3.63) is 0 Å². The van der Waals surface area contributed by atoms with Gasteiger partial charge in [-0.05, 0) is 12.8 Å². The van der Waals surface area contributed by atoms with Gasteiger partial charge in [-0.1, -0.05) is 12.8 Å². The van der Waals surface area contributed by atoms with E-state index in [9.17, 15) is 31.2 Å². The molecule has 2 N–H and O–H groups in total. The summed E-state index contributed by atoms with van der Waals surface area (Å²) in [5, 5.41) is 8.97. The molecule has 1 aliphatic carbocycles. The fraction of sp³-hybridized carbons (Fsp3) is 0.818. The van der Waals surface area contributed by atoms with Crippen molar-refractivity contribution in [1.82, 2.24) is 0 Å². The third-order valence-corrected chi connectivity index (χ3v) is 4.10. The summed E-state index contributed by atoms with van der Waals surface area (Å²) in [5.74, 6) is -7.00. The lowest BCUT2D eigenvalue weighted by Gasteiger charge is -2.28. The van der Waals surface area contributed by atoms with Crippen LogP contribution in [0.3, 0.4) is 0 Å². The Kier molecular flexibility index (Phi) is 5.79. The van der Waals surface area contributed by atoms with Crippen molar-refractivity contribution in [2.24, 2.45) is 11.8 Å². The molecule has 0 aromatic rings. The molecule has 0 aliphatic heterocycles. The SMILES string of the molecule is O=C(O)C1CCCCC1C(=O)OC(CS(=O)(=O)O)C(F)(F)F. The summed E-state index contributed by atoms with van der Waals surface area (Å²) in [4.78, 5) is 22.8. The summed E-state index contributed by atoms with van der Waals surface area (Å²) in [5.41, 5.74) is 0. The van der Waals surface area contributed by atoms with Crippen LogP contribution < -0.4 is 0 Å². The first-order chi connectivity index (χ1) is 9.92. The molecule has 1 rings (SSSR count). The molecule has 7 nitrogen and oxygen atoms in total. The van der Waals surface area contributed by atoms with Crippen molar-refractivity contribution < 1.29 is 45.6 Å². The van der Waals surface area contributed by atoms with Crippen LogP contribution in [0.15, 0.2) is 0 Å². The van der Waals surface area contributed by atoms with E-state index in [2.05, 4.69) is 4.74 Å². The number of carboxylic acid groups (broad SMARTS) is 1. The van der Waals surface area contributed by atoms with Crippen LogP contribution in [0, 0.1) is 11.8 Å². The van der Waals surface area contributed by atoms with Gasteiger partial charge in [0.15, 0.2) is 0 Å². The van der Waals surface area contributed by atoms with Crippen molar-refractivity contribution in [2.45, 2.75) is 38.0 Å². The molecule has 0 spiro atoms. The highest BCUT2D eigenvalue weighted by atomic mass is 32.2. The van der Waals surface area contributed by atoms with Crippen LogP contribution in [-0.2, 0) is 24.4 Å². The minimum absolute atomic E-state index is 0.0479. The predicted octanol–water partition coefficient (Wildman–Crippen LogP) is 1.24. The zero-order chi connectivity index (χ0) is 17.1. The van der Waals surface area contributed by atoms with Crippen molar-refractivity contribution in [3.63, 3.8) is 0 Å². The summed E-state index contributed by atoms with van der Waals surface area (Å²) in [6, 6.07) is 0. The Morgan fingerprint density at radius 1 is 1.18 bits per heavy atom. The monoisotopic (exact) mass is 348 g/mol. The number of hydrogen-bond donors (Lipinski definition) is 2. The fourth-order valence-corrected chi connectivity index (χ4v) is 2.96. The Morgan fingerprint density at radius 2 is 1.68 bits per heavy atom. The number of alkyl halides is 3. The number of aliphatic carboxylic acids is 1. The van der Waals surface area contributed by atoms with Crippen LogP contribution in [0.2, 0.25) is 0 Å². The zero-order valence-electron chi connectivity index (χ0n) is 11.2. The van der Waals surface area contributed by atoms with Gasteiger partial charge < -0.3 is 9.84 Å². The van der Waals surface area contributed by atoms with Crippen LogP contribution in [0.4, 0.5) is 13.2 Å². The molecular formula is C11H15F3O7S. The highest BCUT2D eigenvalue weighted by Crippen LogP contribution is 2.33. The van der Waals surface area contributed by atoms with Crippen LogP contribution >= 0.6 is 0 Å². The number of ether oxygens (including phenoxy) is 1. The molecular weight excluding hydrogens is 333 g/mol. The van der Waals surface area contributed by atoms with Crippen LogP contribution in [0.25, 0.3) is 0 Å². The minimum Gasteiger partial charge on any atom is -0.481 e. The minimum atomic E-state index is -5.20. The maximum atomic E-state index is 12.7. The molecule has 0 aromatic heterocycles. The number of carboxylic acids is 1. The topological polar surface area (TPSA) is 118 Å². The van der Waals surface area contributed by atoms with Gasteiger partial charge in [0, 0.05) is 0 Å². The van der Waals surface area contributed by atoms with E-state index in [0.29, 0.717) is 12.8 Å². The van der Waals surface area contributed by atoms with Gasteiger partial charge >= 0.3 is 18.1 Å². The van der Waals surface area contributed by atoms with E-state index in [4.69, 9.17) is 9.66 Å². The highest BCUT2D eigenvalue weighted by molar-refractivity contribution is 7.85. The van der Waals surface area contributed by atoms with Gasteiger partial charge in [0.25, 0.3) is 10.1 Å². The van der Waals surface area contributed by atoms with Gasteiger partial charge in [-0.15, -0.1) is 0 Å². The molecule has 0 amide bonds. The van der Waals surface area contributed by atoms with E-state index in [-0.39, 0.29) is 12.8 Å². The first-order valence-electron chi connectivity index (χ1n) is 6.37. The van der Waals surface area contributed by atoms with Crippen molar-refractivity contribution in [3.8, 4) is 0 Å². The smallest absolute Gasteiger partial charge is 0.426 e. The van der Waals surface area contributed by atoms with E-state index in [1.165, 1.54) is 0 Å². The molecule has 11 heteroatoms. The molecule has 0 aromatic carbocycles. The molecule has 1 saturated carbocycles. The molecule has 0 heterocycles. The Bertz CT molecular complexity index is 528. The Labute approximate surface area is 124 Å². The molecule has 0 saturated heterocycles. The normalized spacial score (nSPS) is 24.5. The van der Waals surface area contributed by atoms with Crippen molar-refractivity contribution >= 4 is 22.1 Å². The van der Waals surface area contributed by atoms with E-state index < -0.39 is 51.9 Å². The summed E-state index contributed by atoms with van der Waals surface area (Å²) in [6.45, 7) is 0. The molecule has 3 atom stereocenters. The molecule has 22 heavy (non-hydrogen) atoms. The second-order valence-corrected chi connectivity index (χ2v) is 6.55. The van der Waals surface area contributed by atoms with Crippen molar-refractivity contribution in [2.75, 3.05) is 5.75 Å². The van der Waals surface area contributed by atoms with Crippen LogP contribution in [0.1, 0.15) is 25.7 Å². The van der Waals surface area contributed by atoms with Gasteiger partial charge in [-0.3, -0.25) is 14.1 Å². The van der Waals surface area contributed by atoms with E-state index in [0.717, 1.165) is 0 Å². The summed E-state index contributed by atoms with van der Waals surface area (Å²) < 4.78 is 71.8. The lowest BCUT2D eigenvalue weighted by molar-refractivity contribution is -0.219. The molecule has 1 aliphatic rings. The van der Waals surface area contributed by atoms with Crippen molar-refractivity contribution in [1.29, 1.82) is 0 Å². The maximum absolute atomic E-state index is 12.7. The first kappa shape index (κ1) is 18.7. The van der Waals surface area contributed by atoms with Gasteiger partial charge in [0.1, 0.15) is 5.75 Å². The lowest BCUT2D eigenvalue weighted by Crippen LogP contribution is -2.43. The number of carbonyl (C=O) groups is 2. The summed E-state index contributed by atoms with van der Waals surface area (Å²) in [7, 11) is -5.03. The largest absolute Gasteiger partial charge is 0.481 e. The second kappa shape index (κ2) is 6.82. The van der Waals surface area contributed by atoms with Crippen LogP contribution in [-0.4, -0.2) is 48.0 Å². The lowest BCUT2D eigenvalue weighted by atomic mass is 9.79. The predicted molar refractivity (Wildman–Crippen MR) is 65.4 cm³/mol. The standard InChI is InChI=1S/C11H15F3O7S/c12-11(13,14)8(5-22(18,19)20)21-10(17)7-4-2-1-3-6(7)9(15)16/h6-8H,1-5H2,(H,15,16)(H,18,19,20). The van der Waals surface area contributed by atoms with Gasteiger partial charge in [-0.25, -0.2) is 0 Å². The third-order valence-electron chi connectivity index (χ3n) is 3.37. The van der Waals surface area contributed by atoms with Gasteiger partial charge in [0.2, 0.25) is 6.10 Å². The van der Waals surface area contributed by atoms with Gasteiger partial charge in [0.05, 0.1) is 11.8 Å². The average Bonchev–Trinajstić information content (AvgIpc) is 2.35. The average molecular weight is 348 g/mol. The number of rotatable bonds is 5. The molecule has 0 radical (unpaired) electrons. The van der Waals surface area contributed by atoms with Crippen LogP contribution in [0.5, 0.6) is 0 Å². The Morgan fingerprint density at radius 3 is 2.09 bits per heavy atom.